The van der Waals surface area contributed by atoms with Gasteiger partial charge in [-0.05, 0) is 63.1 Å². The van der Waals surface area contributed by atoms with E-state index in [0.29, 0.717) is 6.04 Å². The van der Waals surface area contributed by atoms with Crippen molar-refractivity contribution in [3.8, 4) is 0 Å². The number of rotatable bonds is 5. The third-order valence-electron chi connectivity index (χ3n) is 4.31. The van der Waals surface area contributed by atoms with Crippen molar-refractivity contribution in [2.45, 2.75) is 65.6 Å². The largest absolute Gasteiger partial charge is 0.444 e. The number of benzene rings is 1. The quantitative estimate of drug-likeness (QED) is 0.837. The van der Waals surface area contributed by atoms with Gasteiger partial charge in [0, 0.05) is 18.3 Å². The topological polar surface area (TPSA) is 50.4 Å². The summed E-state index contributed by atoms with van der Waals surface area (Å²) in [6.07, 6.45) is 2.16. The molecule has 0 radical (unpaired) electrons. The van der Waals surface area contributed by atoms with E-state index in [1.807, 2.05) is 45.0 Å². The smallest absolute Gasteiger partial charge is 0.412 e. The van der Waals surface area contributed by atoms with Crippen LogP contribution in [0.2, 0.25) is 0 Å². The number of amides is 1. The highest BCUT2D eigenvalue weighted by atomic mass is 16.6. The lowest BCUT2D eigenvalue weighted by Gasteiger charge is -2.38. The van der Waals surface area contributed by atoms with E-state index in [9.17, 15) is 4.79 Å². The minimum Gasteiger partial charge on any atom is -0.444 e. The maximum Gasteiger partial charge on any atom is 0.412 e. The van der Waals surface area contributed by atoms with Crippen LogP contribution < -0.4 is 10.6 Å². The first-order chi connectivity index (χ1) is 10.7. The van der Waals surface area contributed by atoms with Gasteiger partial charge in [-0.25, -0.2) is 4.79 Å². The normalized spacial score (nSPS) is 21.0. The molecule has 0 unspecified atom stereocenters. The van der Waals surface area contributed by atoms with Crippen LogP contribution in [0.3, 0.4) is 0 Å². The zero-order chi connectivity index (χ0) is 17.0. The number of hydrogen-bond donors (Lipinski definition) is 2. The molecule has 128 valence electrons. The summed E-state index contributed by atoms with van der Waals surface area (Å²) < 4.78 is 5.24. The molecule has 0 aliphatic heterocycles. The molecule has 1 aromatic carbocycles. The van der Waals surface area contributed by atoms with Gasteiger partial charge in [-0.3, -0.25) is 5.32 Å². The SMILES string of the molecule is CC(C)C1CC(NCc2ccc(NC(=O)OC(C)(C)C)cc2)C1. The Hall–Kier alpha value is -1.55. The number of carbonyl (C=O) groups excluding carboxylic acids is 1. The number of ether oxygens (including phenoxy) is 1. The van der Waals surface area contributed by atoms with Crippen LogP contribution in [0.4, 0.5) is 10.5 Å². The summed E-state index contributed by atoms with van der Waals surface area (Å²) in [6.45, 7) is 11.0. The summed E-state index contributed by atoms with van der Waals surface area (Å²) in [5.41, 5.74) is 1.50. The van der Waals surface area contributed by atoms with Crippen molar-refractivity contribution in [1.29, 1.82) is 0 Å². The molecule has 0 bridgehead atoms. The number of anilines is 1. The van der Waals surface area contributed by atoms with Gasteiger partial charge in [-0.2, -0.15) is 0 Å². The van der Waals surface area contributed by atoms with Crippen LogP contribution in [0.5, 0.6) is 0 Å². The Morgan fingerprint density at radius 2 is 1.83 bits per heavy atom. The fourth-order valence-electron chi connectivity index (χ4n) is 2.76. The molecule has 2 rings (SSSR count). The van der Waals surface area contributed by atoms with Gasteiger partial charge in [0.2, 0.25) is 0 Å². The van der Waals surface area contributed by atoms with E-state index in [1.54, 1.807) is 0 Å². The van der Waals surface area contributed by atoms with Crippen molar-refractivity contribution in [2.24, 2.45) is 11.8 Å². The van der Waals surface area contributed by atoms with E-state index in [2.05, 4.69) is 24.5 Å². The first-order valence-corrected chi connectivity index (χ1v) is 8.55. The van der Waals surface area contributed by atoms with Crippen molar-refractivity contribution < 1.29 is 9.53 Å². The second kappa shape index (κ2) is 7.35. The van der Waals surface area contributed by atoms with Crippen molar-refractivity contribution in [3.05, 3.63) is 29.8 Å². The fraction of sp³-hybridized carbons (Fsp3) is 0.632. The third-order valence-corrected chi connectivity index (χ3v) is 4.31. The second-order valence-electron chi connectivity index (χ2n) is 7.88. The van der Waals surface area contributed by atoms with Gasteiger partial charge < -0.3 is 10.1 Å². The van der Waals surface area contributed by atoms with E-state index < -0.39 is 11.7 Å². The molecule has 0 aromatic heterocycles. The predicted octanol–water partition coefficient (Wildman–Crippen LogP) is 4.56. The van der Waals surface area contributed by atoms with Gasteiger partial charge in [-0.15, -0.1) is 0 Å². The molecule has 1 aliphatic carbocycles. The van der Waals surface area contributed by atoms with Gasteiger partial charge in [0.25, 0.3) is 0 Å². The molecule has 0 saturated heterocycles. The molecule has 0 atom stereocenters. The monoisotopic (exact) mass is 318 g/mol. The standard InChI is InChI=1S/C19H30N2O2/c1-13(2)15-10-17(11-15)20-12-14-6-8-16(9-7-14)21-18(22)23-19(3,4)5/h6-9,13,15,17,20H,10-12H2,1-5H3,(H,21,22). The first kappa shape index (κ1) is 17.8. The Morgan fingerprint density at radius 3 is 2.35 bits per heavy atom. The van der Waals surface area contributed by atoms with Gasteiger partial charge >= 0.3 is 6.09 Å². The maximum atomic E-state index is 11.7. The zero-order valence-electron chi connectivity index (χ0n) is 15.0. The Bertz CT molecular complexity index is 511. The van der Waals surface area contributed by atoms with E-state index in [4.69, 9.17) is 4.74 Å². The Labute approximate surface area is 140 Å². The minimum atomic E-state index is -0.482. The molecular weight excluding hydrogens is 288 g/mol. The minimum absolute atomic E-state index is 0.419. The fourth-order valence-corrected chi connectivity index (χ4v) is 2.76. The molecule has 1 aromatic rings. The number of nitrogens with one attached hydrogen (secondary N) is 2. The van der Waals surface area contributed by atoms with Crippen molar-refractivity contribution >= 4 is 11.8 Å². The van der Waals surface area contributed by atoms with Crippen LogP contribution >= 0.6 is 0 Å². The highest BCUT2D eigenvalue weighted by Crippen LogP contribution is 2.33. The summed E-state index contributed by atoms with van der Waals surface area (Å²) in [5, 5.41) is 6.35. The van der Waals surface area contributed by atoms with E-state index in [0.717, 1.165) is 24.1 Å². The van der Waals surface area contributed by atoms with Gasteiger partial charge in [0.15, 0.2) is 0 Å². The van der Waals surface area contributed by atoms with Crippen LogP contribution in [0.15, 0.2) is 24.3 Å². The van der Waals surface area contributed by atoms with Crippen molar-refractivity contribution in [2.75, 3.05) is 5.32 Å². The molecular formula is C19H30N2O2. The molecule has 1 saturated carbocycles. The first-order valence-electron chi connectivity index (χ1n) is 8.55. The lowest BCUT2D eigenvalue weighted by Crippen LogP contribution is -2.42. The third kappa shape index (κ3) is 5.87. The van der Waals surface area contributed by atoms with Crippen molar-refractivity contribution in [1.82, 2.24) is 5.32 Å². The molecule has 4 heteroatoms. The molecule has 2 N–H and O–H groups in total. The van der Waals surface area contributed by atoms with Crippen LogP contribution in [-0.2, 0) is 11.3 Å². The average Bonchev–Trinajstić information content (AvgIpc) is 2.36. The summed E-state index contributed by atoms with van der Waals surface area (Å²) in [7, 11) is 0. The lowest BCUT2D eigenvalue weighted by atomic mass is 9.73. The Kier molecular flexibility index (Phi) is 5.69. The summed E-state index contributed by atoms with van der Waals surface area (Å²) in [4.78, 5) is 11.7. The van der Waals surface area contributed by atoms with E-state index >= 15 is 0 Å². The zero-order valence-corrected chi connectivity index (χ0v) is 15.0. The molecule has 1 amide bonds. The van der Waals surface area contributed by atoms with Crippen LogP contribution in [0, 0.1) is 11.8 Å². The lowest BCUT2D eigenvalue weighted by molar-refractivity contribution is 0.0636. The van der Waals surface area contributed by atoms with Gasteiger partial charge in [0.05, 0.1) is 0 Å². The van der Waals surface area contributed by atoms with Crippen molar-refractivity contribution in [3.63, 3.8) is 0 Å². The predicted molar refractivity (Wildman–Crippen MR) is 94.5 cm³/mol. The summed E-state index contributed by atoms with van der Waals surface area (Å²) >= 11 is 0. The number of carbonyl (C=O) groups is 1. The number of hydrogen-bond acceptors (Lipinski definition) is 3. The molecule has 4 nitrogen and oxygen atoms in total. The molecule has 1 aliphatic rings. The summed E-state index contributed by atoms with van der Waals surface area (Å²) in [6, 6.07) is 8.57. The van der Waals surface area contributed by atoms with Crippen LogP contribution in [0.1, 0.15) is 53.0 Å². The maximum absolute atomic E-state index is 11.7. The highest BCUT2D eigenvalue weighted by Gasteiger charge is 2.30. The summed E-state index contributed by atoms with van der Waals surface area (Å²) in [5.74, 6) is 1.68. The molecule has 1 fully saturated rings. The molecule has 0 spiro atoms. The Morgan fingerprint density at radius 1 is 1.22 bits per heavy atom. The van der Waals surface area contributed by atoms with E-state index in [-0.39, 0.29) is 0 Å². The van der Waals surface area contributed by atoms with Crippen LogP contribution in [-0.4, -0.2) is 17.7 Å². The van der Waals surface area contributed by atoms with E-state index in [1.165, 1.54) is 18.4 Å². The average molecular weight is 318 g/mol. The Balaban J connectivity index is 1.73. The molecule has 0 heterocycles. The van der Waals surface area contributed by atoms with Gasteiger partial charge in [-0.1, -0.05) is 26.0 Å². The molecule has 23 heavy (non-hydrogen) atoms. The second-order valence-corrected chi connectivity index (χ2v) is 7.88. The highest BCUT2D eigenvalue weighted by molar-refractivity contribution is 5.84. The van der Waals surface area contributed by atoms with Crippen LogP contribution in [0.25, 0.3) is 0 Å². The van der Waals surface area contributed by atoms with Gasteiger partial charge in [0.1, 0.15) is 5.60 Å².